The van der Waals surface area contributed by atoms with E-state index in [2.05, 4.69) is 26.0 Å². The van der Waals surface area contributed by atoms with Crippen molar-refractivity contribution in [2.45, 2.75) is 245 Å². The van der Waals surface area contributed by atoms with Gasteiger partial charge in [-0.15, -0.1) is 0 Å². The van der Waals surface area contributed by atoms with Gasteiger partial charge >= 0.3 is 11.9 Å². The van der Waals surface area contributed by atoms with E-state index in [1.54, 1.807) is 0 Å². The predicted octanol–water partition coefficient (Wildman–Crippen LogP) is 14.2. The molecule has 0 radical (unpaired) electrons. The molecule has 4 nitrogen and oxygen atoms in total. The zero-order valence-electron chi connectivity index (χ0n) is 31.2. The second-order valence-electron chi connectivity index (χ2n) is 14.2. The van der Waals surface area contributed by atoms with E-state index in [1.807, 2.05) is 0 Å². The van der Waals surface area contributed by atoms with Crippen LogP contribution in [0.5, 0.6) is 0 Å². The largest absolute Gasteiger partial charge is 0.481 e. The molecule has 0 aromatic rings. The third-order valence-electron chi connectivity index (χ3n) is 9.49. The number of aliphatic carboxylic acids is 1. The maximum Gasteiger partial charge on any atom is 0.306 e. The molecule has 272 valence electrons. The van der Waals surface area contributed by atoms with Gasteiger partial charge in [-0.3, -0.25) is 9.59 Å². The predicted molar refractivity (Wildman–Crippen MR) is 200 cm³/mol. The first kappa shape index (κ1) is 44.7. The number of rotatable bonds is 38. The van der Waals surface area contributed by atoms with Gasteiger partial charge in [-0.25, -0.2) is 0 Å². The first-order valence-corrected chi connectivity index (χ1v) is 20.7. The van der Waals surface area contributed by atoms with Gasteiger partial charge in [0.25, 0.3) is 0 Å². The molecule has 0 aliphatic carbocycles. The third kappa shape index (κ3) is 37.1. The quantitative estimate of drug-likeness (QED) is 0.0411. The Morgan fingerprint density at radius 2 is 0.783 bits per heavy atom. The van der Waals surface area contributed by atoms with E-state index < -0.39 is 5.97 Å². The monoisotopic (exact) mass is 649 g/mol. The Labute approximate surface area is 287 Å². The number of unbranched alkanes of at least 4 members (excludes halogenated alkanes) is 27. The molecule has 0 saturated heterocycles. The van der Waals surface area contributed by atoms with Gasteiger partial charge in [-0.2, -0.15) is 0 Å². The Kier molecular flexibility index (Phi) is 37.0. The molecule has 0 bridgehead atoms. The fourth-order valence-electron chi connectivity index (χ4n) is 6.42. The fourth-order valence-corrected chi connectivity index (χ4v) is 6.42. The molecule has 0 spiro atoms. The van der Waals surface area contributed by atoms with Crippen LogP contribution in [0.25, 0.3) is 0 Å². The summed E-state index contributed by atoms with van der Waals surface area (Å²) in [5.41, 5.74) is 0. The van der Waals surface area contributed by atoms with Crippen molar-refractivity contribution in [3.05, 3.63) is 12.2 Å². The Balaban J connectivity index is 4.04. The van der Waals surface area contributed by atoms with Gasteiger partial charge in [-0.05, 0) is 64.2 Å². The summed E-state index contributed by atoms with van der Waals surface area (Å²) in [6, 6.07) is 0. The summed E-state index contributed by atoms with van der Waals surface area (Å²) in [7, 11) is 0. The first-order valence-electron chi connectivity index (χ1n) is 20.7. The van der Waals surface area contributed by atoms with Gasteiger partial charge in [0.1, 0.15) is 6.10 Å². The number of carboxylic acid groups (broad SMARTS) is 1. The van der Waals surface area contributed by atoms with E-state index in [9.17, 15) is 9.59 Å². The third-order valence-corrected chi connectivity index (χ3v) is 9.49. The van der Waals surface area contributed by atoms with Gasteiger partial charge < -0.3 is 9.84 Å². The first-order chi connectivity index (χ1) is 22.6. The zero-order valence-corrected chi connectivity index (χ0v) is 31.2. The van der Waals surface area contributed by atoms with Crippen molar-refractivity contribution in [2.75, 3.05) is 0 Å². The van der Waals surface area contributed by atoms with Crippen LogP contribution in [0.2, 0.25) is 0 Å². The average molecular weight is 649 g/mol. The minimum absolute atomic E-state index is 0.00146. The summed E-state index contributed by atoms with van der Waals surface area (Å²) in [6.45, 7) is 4.56. The minimum atomic E-state index is -0.700. The summed E-state index contributed by atoms with van der Waals surface area (Å²) < 4.78 is 6.01. The number of hydrogen-bond acceptors (Lipinski definition) is 3. The highest BCUT2D eigenvalue weighted by atomic mass is 16.5. The van der Waals surface area contributed by atoms with Crippen LogP contribution in [-0.4, -0.2) is 23.1 Å². The lowest BCUT2D eigenvalue weighted by Crippen LogP contribution is -2.18. The minimum Gasteiger partial charge on any atom is -0.481 e. The van der Waals surface area contributed by atoms with E-state index in [0.717, 1.165) is 70.6 Å². The van der Waals surface area contributed by atoms with Gasteiger partial charge in [0.15, 0.2) is 0 Å². The summed E-state index contributed by atoms with van der Waals surface area (Å²) in [5.74, 6) is -0.701. The summed E-state index contributed by atoms with van der Waals surface area (Å²) in [5, 5.41) is 8.82. The molecule has 1 atom stereocenters. The molecule has 0 aliphatic heterocycles. The molecule has 0 amide bonds. The molecule has 0 rings (SSSR count). The lowest BCUT2D eigenvalue weighted by atomic mass is 10.0. The van der Waals surface area contributed by atoms with Crippen molar-refractivity contribution in [1.82, 2.24) is 0 Å². The van der Waals surface area contributed by atoms with Crippen molar-refractivity contribution in [3.63, 3.8) is 0 Å². The summed E-state index contributed by atoms with van der Waals surface area (Å²) in [4.78, 5) is 23.4. The van der Waals surface area contributed by atoms with Gasteiger partial charge in [0, 0.05) is 12.8 Å². The molecule has 46 heavy (non-hydrogen) atoms. The topological polar surface area (TPSA) is 63.6 Å². The summed E-state index contributed by atoms with van der Waals surface area (Å²) in [6.07, 6.45) is 46.6. The number of carbonyl (C=O) groups is 2. The van der Waals surface area contributed by atoms with E-state index in [-0.39, 0.29) is 18.5 Å². The molecule has 0 aliphatic rings. The highest BCUT2D eigenvalue weighted by molar-refractivity contribution is 5.69. The second kappa shape index (κ2) is 38.1. The number of ether oxygens (including phenoxy) is 1. The Hall–Kier alpha value is -1.32. The fraction of sp³-hybridized carbons (Fsp3) is 0.905. The van der Waals surface area contributed by atoms with Crippen molar-refractivity contribution >= 4 is 11.9 Å². The number of esters is 1. The molecular formula is C42H80O4. The SMILES string of the molecule is CCCCCCCCCC/C=C\CCCCCC(CCCCCCCC(=O)O)OC(=O)CCCCCCCCCCCCCCC. The van der Waals surface area contributed by atoms with Crippen LogP contribution in [0.1, 0.15) is 239 Å². The number of carbonyl (C=O) groups excluding carboxylic acids is 1. The highest BCUT2D eigenvalue weighted by Crippen LogP contribution is 2.19. The lowest BCUT2D eigenvalue weighted by Gasteiger charge is -2.18. The van der Waals surface area contributed by atoms with Gasteiger partial charge in [0.05, 0.1) is 0 Å². The van der Waals surface area contributed by atoms with Gasteiger partial charge in [0.2, 0.25) is 0 Å². The average Bonchev–Trinajstić information content (AvgIpc) is 3.04. The zero-order chi connectivity index (χ0) is 33.6. The van der Waals surface area contributed by atoms with Crippen molar-refractivity contribution in [1.29, 1.82) is 0 Å². The molecule has 4 heteroatoms. The van der Waals surface area contributed by atoms with Crippen LogP contribution in [0, 0.1) is 0 Å². The van der Waals surface area contributed by atoms with Crippen molar-refractivity contribution in [2.24, 2.45) is 0 Å². The van der Waals surface area contributed by atoms with Crippen LogP contribution in [-0.2, 0) is 14.3 Å². The maximum atomic E-state index is 12.7. The van der Waals surface area contributed by atoms with E-state index in [4.69, 9.17) is 9.84 Å². The Morgan fingerprint density at radius 1 is 0.457 bits per heavy atom. The molecule has 0 aromatic carbocycles. The maximum absolute atomic E-state index is 12.7. The van der Waals surface area contributed by atoms with Crippen molar-refractivity contribution < 1.29 is 19.4 Å². The van der Waals surface area contributed by atoms with Crippen LogP contribution in [0.4, 0.5) is 0 Å². The van der Waals surface area contributed by atoms with Crippen LogP contribution >= 0.6 is 0 Å². The molecule has 0 aromatic heterocycles. The Morgan fingerprint density at radius 3 is 1.20 bits per heavy atom. The molecule has 0 saturated carbocycles. The van der Waals surface area contributed by atoms with Gasteiger partial charge in [-0.1, -0.05) is 174 Å². The molecule has 1 unspecified atom stereocenters. The highest BCUT2D eigenvalue weighted by Gasteiger charge is 2.14. The Bertz CT molecular complexity index is 658. The van der Waals surface area contributed by atoms with E-state index >= 15 is 0 Å². The number of carboxylic acids is 1. The molecule has 0 heterocycles. The van der Waals surface area contributed by atoms with E-state index in [0.29, 0.717) is 6.42 Å². The summed E-state index contributed by atoms with van der Waals surface area (Å²) >= 11 is 0. The van der Waals surface area contributed by atoms with E-state index in [1.165, 1.54) is 141 Å². The molecule has 1 N–H and O–H groups in total. The van der Waals surface area contributed by atoms with Crippen molar-refractivity contribution in [3.8, 4) is 0 Å². The van der Waals surface area contributed by atoms with Crippen LogP contribution in [0.3, 0.4) is 0 Å². The normalized spacial score (nSPS) is 12.2. The standard InChI is InChI=1S/C42H80O4/c1-3-5-7-9-11-13-15-17-18-20-21-23-25-28-32-36-40(37-33-29-27-30-34-38-41(43)44)46-42(45)39-35-31-26-24-22-19-16-14-12-10-8-6-4-2/h20-21,40H,3-19,22-39H2,1-2H3,(H,43,44)/b21-20-. The number of allylic oxidation sites excluding steroid dienone is 2. The number of hydrogen-bond donors (Lipinski definition) is 1. The molecular weight excluding hydrogens is 568 g/mol. The van der Waals surface area contributed by atoms with Crippen LogP contribution in [0.15, 0.2) is 12.2 Å². The van der Waals surface area contributed by atoms with Crippen LogP contribution < -0.4 is 0 Å². The lowest BCUT2D eigenvalue weighted by molar-refractivity contribution is -0.150. The second-order valence-corrected chi connectivity index (χ2v) is 14.2. The molecule has 0 fully saturated rings. The smallest absolute Gasteiger partial charge is 0.306 e.